The predicted octanol–water partition coefficient (Wildman–Crippen LogP) is -1.08. The molecule has 11 heteroatoms. The SMILES string of the molecule is NC(=O)NCCNS(=O)(=O)c1c(N)nc2sccn12. The lowest BCUT2D eigenvalue weighted by atomic mass is 10.6. The highest BCUT2D eigenvalue weighted by atomic mass is 32.2. The zero-order valence-corrected chi connectivity index (χ0v) is 11.3. The number of aromatic nitrogens is 2. The summed E-state index contributed by atoms with van der Waals surface area (Å²) >= 11 is 1.28. The predicted molar refractivity (Wildman–Crippen MR) is 70.3 cm³/mol. The minimum atomic E-state index is -3.80. The number of nitrogens with two attached hydrogens (primary N) is 2. The van der Waals surface area contributed by atoms with Gasteiger partial charge in [-0.2, -0.15) is 0 Å². The number of rotatable bonds is 5. The van der Waals surface area contributed by atoms with Gasteiger partial charge in [-0.15, -0.1) is 11.3 Å². The maximum atomic E-state index is 12.1. The van der Waals surface area contributed by atoms with Crippen LogP contribution in [0.15, 0.2) is 16.6 Å². The van der Waals surface area contributed by atoms with Gasteiger partial charge in [-0.05, 0) is 0 Å². The number of sulfonamides is 1. The largest absolute Gasteiger partial charge is 0.381 e. The summed E-state index contributed by atoms with van der Waals surface area (Å²) in [5, 5.41) is 3.87. The van der Waals surface area contributed by atoms with Crippen molar-refractivity contribution in [3.05, 3.63) is 11.6 Å². The minimum absolute atomic E-state index is 0.00207. The van der Waals surface area contributed by atoms with Crippen LogP contribution in [0.5, 0.6) is 0 Å². The monoisotopic (exact) mass is 304 g/mol. The Labute approximate surface area is 112 Å². The number of carbonyl (C=O) groups is 1. The Balaban J connectivity index is 2.17. The Morgan fingerprint density at radius 2 is 2.21 bits per heavy atom. The summed E-state index contributed by atoms with van der Waals surface area (Å²) in [4.78, 5) is 14.9. The lowest BCUT2D eigenvalue weighted by Crippen LogP contribution is -2.37. The Morgan fingerprint density at radius 1 is 1.47 bits per heavy atom. The summed E-state index contributed by atoms with van der Waals surface area (Å²) < 4.78 is 27.9. The van der Waals surface area contributed by atoms with Gasteiger partial charge in [-0.1, -0.05) is 0 Å². The first-order valence-corrected chi connectivity index (χ1v) is 7.52. The van der Waals surface area contributed by atoms with Crippen LogP contribution < -0.4 is 21.5 Å². The summed E-state index contributed by atoms with van der Waals surface area (Å²) in [5.41, 5.74) is 10.5. The van der Waals surface area contributed by atoms with E-state index in [1.54, 1.807) is 11.6 Å². The molecule has 2 heterocycles. The molecule has 2 amide bonds. The summed E-state index contributed by atoms with van der Waals surface area (Å²) in [7, 11) is -3.80. The van der Waals surface area contributed by atoms with Crippen molar-refractivity contribution in [2.45, 2.75) is 5.03 Å². The number of hydrogen-bond donors (Lipinski definition) is 4. The van der Waals surface area contributed by atoms with Gasteiger partial charge in [0.1, 0.15) is 0 Å². The fraction of sp³-hybridized carbons (Fsp3) is 0.250. The number of amides is 2. The second-order valence-electron chi connectivity index (χ2n) is 3.55. The van der Waals surface area contributed by atoms with Crippen LogP contribution in [0.25, 0.3) is 4.96 Å². The maximum absolute atomic E-state index is 12.1. The van der Waals surface area contributed by atoms with Gasteiger partial charge in [0.2, 0.25) is 0 Å². The van der Waals surface area contributed by atoms with Gasteiger partial charge in [0.05, 0.1) is 0 Å². The number of fused-ring (bicyclic) bond motifs is 1. The van der Waals surface area contributed by atoms with Crippen LogP contribution in [0.1, 0.15) is 0 Å². The molecule has 2 aromatic heterocycles. The Morgan fingerprint density at radius 3 is 2.89 bits per heavy atom. The van der Waals surface area contributed by atoms with Crippen molar-refractivity contribution in [3.63, 3.8) is 0 Å². The maximum Gasteiger partial charge on any atom is 0.312 e. The summed E-state index contributed by atoms with van der Waals surface area (Å²) in [6, 6.07) is -0.719. The van der Waals surface area contributed by atoms with E-state index in [1.165, 1.54) is 15.7 Å². The van der Waals surface area contributed by atoms with Crippen LogP contribution in [-0.2, 0) is 10.0 Å². The van der Waals surface area contributed by atoms with Crippen LogP contribution >= 0.6 is 11.3 Å². The fourth-order valence-corrected chi connectivity index (χ4v) is 3.50. The molecule has 0 radical (unpaired) electrons. The molecule has 9 nitrogen and oxygen atoms in total. The molecule has 0 aliphatic rings. The molecular formula is C8H12N6O3S2. The number of carbonyl (C=O) groups excluding carboxylic acids is 1. The van der Waals surface area contributed by atoms with Crippen LogP contribution in [0, 0.1) is 0 Å². The van der Waals surface area contributed by atoms with Gasteiger partial charge >= 0.3 is 6.03 Å². The quantitative estimate of drug-likeness (QED) is 0.519. The second kappa shape index (κ2) is 5.03. The van der Waals surface area contributed by atoms with E-state index < -0.39 is 16.1 Å². The average Bonchev–Trinajstić information content (AvgIpc) is 2.83. The van der Waals surface area contributed by atoms with Crippen molar-refractivity contribution in [1.82, 2.24) is 19.4 Å². The van der Waals surface area contributed by atoms with E-state index in [2.05, 4.69) is 15.0 Å². The first kappa shape index (κ1) is 13.6. The number of urea groups is 1. The lowest BCUT2D eigenvalue weighted by Gasteiger charge is -2.06. The smallest absolute Gasteiger partial charge is 0.312 e. The van der Waals surface area contributed by atoms with Gasteiger partial charge in [0, 0.05) is 24.7 Å². The molecule has 0 fully saturated rings. The molecule has 19 heavy (non-hydrogen) atoms. The number of nitrogen functional groups attached to an aromatic ring is 1. The first-order valence-electron chi connectivity index (χ1n) is 5.16. The highest BCUT2D eigenvalue weighted by Crippen LogP contribution is 2.22. The number of imidazole rings is 1. The molecule has 0 aliphatic heterocycles. The third kappa shape index (κ3) is 2.77. The number of nitrogens with zero attached hydrogens (tertiary/aromatic N) is 2. The third-order valence-electron chi connectivity index (χ3n) is 2.21. The summed E-state index contributed by atoms with van der Waals surface area (Å²) in [6.45, 7) is 0.0855. The molecule has 104 valence electrons. The molecule has 0 aliphatic carbocycles. The van der Waals surface area contributed by atoms with E-state index in [9.17, 15) is 13.2 Å². The van der Waals surface area contributed by atoms with E-state index in [0.717, 1.165) is 0 Å². The molecule has 2 aromatic rings. The molecular weight excluding hydrogens is 292 g/mol. The number of hydrogen-bond acceptors (Lipinski definition) is 6. The third-order valence-corrected chi connectivity index (χ3v) is 4.47. The molecule has 6 N–H and O–H groups in total. The lowest BCUT2D eigenvalue weighted by molar-refractivity contribution is 0.249. The van der Waals surface area contributed by atoms with Gasteiger partial charge in [-0.3, -0.25) is 4.40 Å². The molecule has 0 bridgehead atoms. The molecule has 0 unspecified atom stereocenters. The minimum Gasteiger partial charge on any atom is -0.381 e. The van der Waals surface area contributed by atoms with Gasteiger partial charge < -0.3 is 16.8 Å². The van der Waals surface area contributed by atoms with E-state index in [1.807, 2.05) is 0 Å². The topological polar surface area (TPSA) is 145 Å². The van der Waals surface area contributed by atoms with Gasteiger partial charge in [-0.25, -0.2) is 22.9 Å². The summed E-state index contributed by atoms with van der Waals surface area (Å²) in [5.74, 6) is -0.0674. The van der Waals surface area contributed by atoms with Crippen molar-refractivity contribution < 1.29 is 13.2 Å². The normalized spacial score (nSPS) is 11.8. The van der Waals surface area contributed by atoms with Gasteiger partial charge in [0.15, 0.2) is 15.8 Å². The van der Waals surface area contributed by atoms with E-state index >= 15 is 0 Å². The Bertz CT molecular complexity index is 703. The second-order valence-corrected chi connectivity index (χ2v) is 6.10. The van der Waals surface area contributed by atoms with E-state index in [-0.39, 0.29) is 23.9 Å². The van der Waals surface area contributed by atoms with Gasteiger partial charge in [0.25, 0.3) is 10.0 Å². The zero-order valence-electron chi connectivity index (χ0n) is 9.66. The highest BCUT2D eigenvalue weighted by molar-refractivity contribution is 7.89. The molecule has 0 saturated heterocycles. The first-order chi connectivity index (χ1) is 8.92. The van der Waals surface area contributed by atoms with Crippen LogP contribution in [0.2, 0.25) is 0 Å². The van der Waals surface area contributed by atoms with Crippen LogP contribution in [-0.4, -0.2) is 36.9 Å². The number of anilines is 1. The fourth-order valence-electron chi connectivity index (χ4n) is 1.49. The Hall–Kier alpha value is -1.85. The molecule has 2 rings (SSSR count). The summed E-state index contributed by atoms with van der Waals surface area (Å²) in [6.07, 6.45) is 1.57. The van der Waals surface area contributed by atoms with Crippen molar-refractivity contribution in [1.29, 1.82) is 0 Å². The zero-order chi connectivity index (χ0) is 14.0. The molecule has 0 spiro atoms. The number of primary amides is 1. The van der Waals surface area contributed by atoms with E-state index in [0.29, 0.717) is 4.96 Å². The number of thiazole rings is 1. The molecule has 0 aromatic carbocycles. The van der Waals surface area contributed by atoms with Crippen molar-refractivity contribution in [2.24, 2.45) is 5.73 Å². The molecule has 0 atom stereocenters. The number of nitrogens with one attached hydrogen (secondary N) is 2. The van der Waals surface area contributed by atoms with E-state index in [4.69, 9.17) is 11.5 Å². The van der Waals surface area contributed by atoms with Crippen LogP contribution in [0.3, 0.4) is 0 Å². The molecule has 0 saturated carbocycles. The highest BCUT2D eigenvalue weighted by Gasteiger charge is 2.23. The standard InChI is InChI=1S/C8H12N6O3S2/c9-5-6(14-3-4-18-8(14)13-5)19(16,17)12-2-1-11-7(10)15/h3-4,12H,1-2,9H2,(H3,10,11,15). The van der Waals surface area contributed by atoms with Crippen molar-refractivity contribution in [2.75, 3.05) is 18.8 Å². The average molecular weight is 304 g/mol. The van der Waals surface area contributed by atoms with Crippen molar-refractivity contribution >= 4 is 38.2 Å². The van der Waals surface area contributed by atoms with Crippen LogP contribution in [0.4, 0.5) is 10.6 Å². The van der Waals surface area contributed by atoms with Crippen molar-refractivity contribution in [3.8, 4) is 0 Å². The Kier molecular flexibility index (Phi) is 3.59.